The van der Waals surface area contributed by atoms with E-state index in [2.05, 4.69) is 18.6 Å². The molecule has 1 heterocycles. The van der Waals surface area contributed by atoms with Crippen molar-refractivity contribution in [3.05, 3.63) is 0 Å². The number of guanidine groups is 1. The smallest absolute Gasteiger partial charge is 0.217 e. The van der Waals surface area contributed by atoms with E-state index < -0.39 is 0 Å². The first-order valence-electron chi connectivity index (χ1n) is 5.10. The van der Waals surface area contributed by atoms with Crippen LogP contribution in [0.4, 0.5) is 0 Å². The molecule has 0 saturated carbocycles. The number of likely N-dealkylation sites (tertiary alicyclic amines) is 1. The van der Waals surface area contributed by atoms with E-state index in [0.29, 0.717) is 5.92 Å². The molecule has 1 rings (SSSR count). The van der Waals surface area contributed by atoms with Crippen molar-refractivity contribution in [3.63, 3.8) is 0 Å². The zero-order valence-electron chi connectivity index (χ0n) is 8.99. The van der Waals surface area contributed by atoms with Crippen molar-refractivity contribution in [2.45, 2.75) is 26.4 Å². The maximum Gasteiger partial charge on any atom is 0.217 e. The molecule has 0 radical (unpaired) electrons. The van der Waals surface area contributed by atoms with E-state index in [1.807, 2.05) is 11.8 Å². The number of aliphatic imine (C=N–C) groups is 1. The van der Waals surface area contributed by atoms with Gasteiger partial charge in [-0.2, -0.15) is 0 Å². The molecule has 1 N–H and O–H groups in total. The molecule has 0 amide bonds. The molecule has 0 aromatic heterocycles. The lowest BCUT2D eigenvalue weighted by molar-refractivity contribution is -0.0111. The third-order valence-corrected chi connectivity index (χ3v) is 2.72. The third-order valence-electron chi connectivity index (χ3n) is 2.72. The molecule has 0 unspecified atom stereocenters. The highest BCUT2D eigenvalue weighted by atomic mass is 16.5. The molecule has 2 atom stereocenters. The van der Waals surface area contributed by atoms with Gasteiger partial charge in [-0.25, -0.2) is 4.99 Å². The molecule has 1 saturated heterocycles. The average Bonchev–Trinajstić information content (AvgIpc) is 2.20. The molecule has 0 aromatic carbocycles. The summed E-state index contributed by atoms with van der Waals surface area (Å²) in [6.45, 7) is 9.96. The predicted octanol–water partition coefficient (Wildman–Crippen LogP) is 1.37. The zero-order valence-corrected chi connectivity index (χ0v) is 8.99. The van der Waals surface area contributed by atoms with Crippen molar-refractivity contribution >= 4 is 12.7 Å². The van der Waals surface area contributed by atoms with Crippen LogP contribution in [-0.4, -0.2) is 43.4 Å². The summed E-state index contributed by atoms with van der Waals surface area (Å²) in [5.41, 5.74) is 0. The standard InChI is InChI=1S/C10H19N3O/c1-4-14-9-7-13(10(11)12-3)6-5-8(9)2/h8-9,11H,3-7H2,1-2H3/t8-,9+/m0/s1. The minimum atomic E-state index is 0.232. The van der Waals surface area contributed by atoms with E-state index in [-0.39, 0.29) is 12.1 Å². The Labute approximate surface area is 85.5 Å². The minimum Gasteiger partial charge on any atom is -0.376 e. The van der Waals surface area contributed by atoms with Gasteiger partial charge in [0.1, 0.15) is 0 Å². The summed E-state index contributed by atoms with van der Waals surface area (Å²) in [5.74, 6) is 0.838. The zero-order chi connectivity index (χ0) is 10.6. The van der Waals surface area contributed by atoms with Gasteiger partial charge in [-0.05, 0) is 26.0 Å². The van der Waals surface area contributed by atoms with E-state index in [0.717, 1.165) is 26.1 Å². The Balaban J connectivity index is 2.52. The van der Waals surface area contributed by atoms with Crippen molar-refractivity contribution < 1.29 is 4.74 Å². The van der Waals surface area contributed by atoms with Gasteiger partial charge in [0.05, 0.1) is 6.10 Å². The van der Waals surface area contributed by atoms with E-state index in [4.69, 9.17) is 10.1 Å². The summed E-state index contributed by atoms with van der Waals surface area (Å²) in [4.78, 5) is 5.56. The van der Waals surface area contributed by atoms with Crippen LogP contribution in [-0.2, 0) is 4.74 Å². The normalized spacial score (nSPS) is 27.4. The molecule has 80 valence electrons. The SMILES string of the molecule is C=NC(=N)N1CC[C@H](C)[C@H](OCC)C1. The molecule has 1 aliphatic heterocycles. The first-order chi connectivity index (χ1) is 6.69. The number of rotatable bonds is 2. The lowest BCUT2D eigenvalue weighted by Gasteiger charge is -2.36. The summed E-state index contributed by atoms with van der Waals surface area (Å²) in [5, 5.41) is 7.56. The number of ether oxygens (including phenoxy) is 1. The van der Waals surface area contributed by atoms with Crippen molar-refractivity contribution in [2.75, 3.05) is 19.7 Å². The predicted molar refractivity (Wildman–Crippen MR) is 58.0 cm³/mol. The van der Waals surface area contributed by atoms with Gasteiger partial charge in [0.2, 0.25) is 5.96 Å². The fourth-order valence-electron chi connectivity index (χ4n) is 1.76. The molecule has 0 bridgehead atoms. The Hall–Kier alpha value is -0.900. The summed E-state index contributed by atoms with van der Waals surface area (Å²) in [6.07, 6.45) is 1.29. The number of nitrogens with one attached hydrogen (secondary N) is 1. The number of piperidine rings is 1. The highest BCUT2D eigenvalue weighted by molar-refractivity contribution is 5.81. The molecular weight excluding hydrogens is 178 g/mol. The molecule has 14 heavy (non-hydrogen) atoms. The van der Waals surface area contributed by atoms with Crippen molar-refractivity contribution in [1.29, 1.82) is 5.41 Å². The fraction of sp³-hybridized carbons (Fsp3) is 0.800. The van der Waals surface area contributed by atoms with Crippen LogP contribution in [0.2, 0.25) is 0 Å². The monoisotopic (exact) mass is 197 g/mol. The van der Waals surface area contributed by atoms with Crippen LogP contribution in [0.25, 0.3) is 0 Å². The van der Waals surface area contributed by atoms with Gasteiger partial charge < -0.3 is 9.64 Å². The van der Waals surface area contributed by atoms with Crippen molar-refractivity contribution in [2.24, 2.45) is 10.9 Å². The minimum absolute atomic E-state index is 0.232. The Bertz CT molecular complexity index is 217. The quantitative estimate of drug-likeness (QED) is 0.537. The van der Waals surface area contributed by atoms with Crippen LogP contribution in [0.5, 0.6) is 0 Å². The van der Waals surface area contributed by atoms with Crippen molar-refractivity contribution in [1.82, 2.24) is 4.90 Å². The first kappa shape index (κ1) is 11.2. The Morgan fingerprint density at radius 1 is 1.71 bits per heavy atom. The van der Waals surface area contributed by atoms with E-state index in [1.165, 1.54) is 0 Å². The van der Waals surface area contributed by atoms with Crippen LogP contribution in [0.15, 0.2) is 4.99 Å². The second-order valence-electron chi connectivity index (χ2n) is 3.69. The highest BCUT2D eigenvalue weighted by Crippen LogP contribution is 2.20. The fourth-order valence-corrected chi connectivity index (χ4v) is 1.76. The lowest BCUT2D eigenvalue weighted by atomic mass is 9.96. The molecule has 0 aromatic rings. The topological polar surface area (TPSA) is 48.7 Å². The molecule has 4 heteroatoms. The average molecular weight is 197 g/mol. The molecule has 4 nitrogen and oxygen atoms in total. The summed E-state index contributed by atoms with van der Waals surface area (Å²) in [6, 6.07) is 0. The van der Waals surface area contributed by atoms with Crippen LogP contribution in [0, 0.1) is 11.3 Å². The van der Waals surface area contributed by atoms with Gasteiger partial charge in [0.15, 0.2) is 0 Å². The molecule has 1 aliphatic rings. The Kier molecular flexibility index (Phi) is 4.07. The Morgan fingerprint density at radius 3 is 3.00 bits per heavy atom. The molecular formula is C10H19N3O. The number of hydrogen-bond acceptors (Lipinski definition) is 2. The highest BCUT2D eigenvalue weighted by Gasteiger charge is 2.27. The van der Waals surface area contributed by atoms with Crippen molar-refractivity contribution in [3.8, 4) is 0 Å². The second-order valence-corrected chi connectivity index (χ2v) is 3.69. The van der Waals surface area contributed by atoms with E-state index in [1.54, 1.807) is 0 Å². The second kappa shape index (κ2) is 5.10. The maximum atomic E-state index is 7.56. The van der Waals surface area contributed by atoms with E-state index in [9.17, 15) is 0 Å². The summed E-state index contributed by atoms with van der Waals surface area (Å²) >= 11 is 0. The van der Waals surface area contributed by atoms with Gasteiger partial charge in [-0.15, -0.1) is 0 Å². The van der Waals surface area contributed by atoms with Gasteiger partial charge in [-0.1, -0.05) is 6.92 Å². The van der Waals surface area contributed by atoms with Crippen LogP contribution in [0.3, 0.4) is 0 Å². The van der Waals surface area contributed by atoms with Gasteiger partial charge in [0.25, 0.3) is 0 Å². The molecule has 1 fully saturated rings. The Morgan fingerprint density at radius 2 is 2.43 bits per heavy atom. The lowest BCUT2D eigenvalue weighted by Crippen LogP contribution is -2.46. The van der Waals surface area contributed by atoms with E-state index >= 15 is 0 Å². The summed E-state index contributed by atoms with van der Waals surface area (Å²) < 4.78 is 5.62. The van der Waals surface area contributed by atoms with Crippen LogP contribution < -0.4 is 0 Å². The van der Waals surface area contributed by atoms with Crippen LogP contribution in [0.1, 0.15) is 20.3 Å². The summed E-state index contributed by atoms with van der Waals surface area (Å²) in [7, 11) is 0. The number of nitrogens with zero attached hydrogens (tertiary/aromatic N) is 2. The molecule has 0 aliphatic carbocycles. The molecule has 0 spiro atoms. The number of hydrogen-bond donors (Lipinski definition) is 1. The van der Waals surface area contributed by atoms with Gasteiger partial charge in [-0.3, -0.25) is 5.41 Å². The van der Waals surface area contributed by atoms with Gasteiger partial charge in [0, 0.05) is 19.7 Å². The first-order valence-corrected chi connectivity index (χ1v) is 5.10. The largest absolute Gasteiger partial charge is 0.376 e. The maximum absolute atomic E-state index is 7.56. The third kappa shape index (κ3) is 2.54. The van der Waals surface area contributed by atoms with Crippen LogP contribution >= 0.6 is 0 Å². The van der Waals surface area contributed by atoms with Gasteiger partial charge >= 0.3 is 0 Å².